The molecule has 0 saturated carbocycles. The zero-order chi connectivity index (χ0) is 13.7. The average molecular weight is 387 g/mol. The molecular weight excluding hydrogens is 374 g/mol. The molecule has 5 heteroatoms. The first-order valence-electron chi connectivity index (χ1n) is 5.81. The molecule has 0 saturated heterocycles. The van der Waals surface area contributed by atoms with Gasteiger partial charge in [-0.1, -0.05) is 62.2 Å². The van der Waals surface area contributed by atoms with E-state index in [4.69, 9.17) is 4.42 Å². The number of carbonyl (C=O) groups excluding carboxylic acids is 1. The number of alkyl halides is 2. The molecular formula is C14H13Br2NO2. The van der Waals surface area contributed by atoms with Crippen LogP contribution in [0, 0.1) is 0 Å². The summed E-state index contributed by atoms with van der Waals surface area (Å²) in [5.41, 5.74) is 1.05. The smallest absolute Gasteiger partial charge is 0.235 e. The fourth-order valence-electron chi connectivity index (χ4n) is 1.62. The summed E-state index contributed by atoms with van der Waals surface area (Å²) in [4.78, 5) is 11.6. The summed E-state index contributed by atoms with van der Waals surface area (Å²) in [6, 6.07) is 13.4. The summed E-state index contributed by atoms with van der Waals surface area (Å²) >= 11 is 6.96. The van der Waals surface area contributed by atoms with Crippen LogP contribution in [-0.2, 0) is 11.3 Å². The van der Waals surface area contributed by atoms with E-state index in [-0.39, 0.29) is 15.6 Å². The lowest BCUT2D eigenvalue weighted by Crippen LogP contribution is -2.32. The van der Waals surface area contributed by atoms with E-state index in [0.717, 1.165) is 11.3 Å². The number of hydrogen-bond acceptors (Lipinski definition) is 2. The van der Waals surface area contributed by atoms with Gasteiger partial charge in [-0.25, -0.2) is 0 Å². The Morgan fingerprint density at radius 1 is 1.16 bits per heavy atom. The van der Waals surface area contributed by atoms with E-state index in [9.17, 15) is 4.79 Å². The summed E-state index contributed by atoms with van der Waals surface area (Å²) < 4.78 is 5.17. The molecule has 0 fully saturated rings. The number of halogens is 2. The highest BCUT2D eigenvalue weighted by molar-refractivity contribution is 9.12. The van der Waals surface area contributed by atoms with E-state index in [2.05, 4.69) is 37.2 Å². The number of nitrogens with one attached hydrogen (secondary N) is 1. The van der Waals surface area contributed by atoms with Gasteiger partial charge in [-0.3, -0.25) is 4.79 Å². The largest absolute Gasteiger partial charge is 0.467 e. The molecule has 1 amide bonds. The minimum absolute atomic E-state index is 0.0784. The first-order valence-corrected chi connectivity index (χ1v) is 7.65. The van der Waals surface area contributed by atoms with E-state index < -0.39 is 0 Å². The third-order valence-corrected chi connectivity index (χ3v) is 5.35. The molecule has 0 aliphatic carbocycles. The molecule has 19 heavy (non-hydrogen) atoms. The maximum Gasteiger partial charge on any atom is 0.235 e. The highest BCUT2D eigenvalue weighted by Gasteiger charge is 2.24. The summed E-state index contributed by atoms with van der Waals surface area (Å²) in [6.07, 6.45) is 1.59. The molecule has 0 aliphatic heterocycles. The predicted molar refractivity (Wildman–Crippen MR) is 81.4 cm³/mol. The minimum Gasteiger partial charge on any atom is -0.467 e. The lowest BCUT2D eigenvalue weighted by molar-refractivity contribution is -0.120. The molecule has 1 aromatic heterocycles. The Morgan fingerprint density at radius 3 is 2.53 bits per heavy atom. The van der Waals surface area contributed by atoms with Crippen LogP contribution in [-0.4, -0.2) is 10.7 Å². The summed E-state index contributed by atoms with van der Waals surface area (Å²) in [5, 5.41) is 2.83. The van der Waals surface area contributed by atoms with Gasteiger partial charge in [-0.05, 0) is 17.7 Å². The summed E-state index contributed by atoms with van der Waals surface area (Å²) in [6.45, 7) is 0.391. The molecule has 1 N–H and O–H groups in total. The van der Waals surface area contributed by atoms with Crippen molar-refractivity contribution >= 4 is 37.8 Å². The van der Waals surface area contributed by atoms with E-state index in [1.165, 1.54) is 0 Å². The number of rotatable bonds is 5. The Bertz CT molecular complexity index is 514. The Labute approximate surface area is 128 Å². The van der Waals surface area contributed by atoms with Gasteiger partial charge in [0.15, 0.2) is 0 Å². The van der Waals surface area contributed by atoms with Gasteiger partial charge in [0.1, 0.15) is 10.6 Å². The Balaban J connectivity index is 1.91. The van der Waals surface area contributed by atoms with Gasteiger partial charge in [-0.2, -0.15) is 0 Å². The first-order chi connectivity index (χ1) is 9.18. The highest BCUT2D eigenvalue weighted by Crippen LogP contribution is 2.31. The fourth-order valence-corrected chi connectivity index (χ4v) is 2.64. The molecule has 3 nitrogen and oxygen atoms in total. The maximum atomic E-state index is 12.0. The van der Waals surface area contributed by atoms with E-state index in [1.807, 2.05) is 36.4 Å². The second kappa shape index (κ2) is 6.91. The van der Waals surface area contributed by atoms with Crippen LogP contribution < -0.4 is 5.32 Å². The van der Waals surface area contributed by atoms with Gasteiger partial charge in [0, 0.05) is 0 Å². The van der Waals surface area contributed by atoms with Crippen molar-refractivity contribution in [1.82, 2.24) is 5.32 Å². The second-order valence-corrected chi connectivity index (χ2v) is 5.98. The van der Waals surface area contributed by atoms with Crippen molar-refractivity contribution in [2.45, 2.75) is 16.2 Å². The van der Waals surface area contributed by atoms with Gasteiger partial charge in [0.25, 0.3) is 0 Å². The molecule has 0 bridgehead atoms. The van der Waals surface area contributed by atoms with Crippen LogP contribution in [0.4, 0.5) is 0 Å². The molecule has 0 aliphatic rings. The van der Waals surface area contributed by atoms with Crippen LogP contribution in [0.15, 0.2) is 53.1 Å². The van der Waals surface area contributed by atoms with Crippen LogP contribution in [0.5, 0.6) is 0 Å². The first kappa shape index (κ1) is 14.3. The number of carbonyl (C=O) groups is 1. The molecule has 0 radical (unpaired) electrons. The number of amides is 1. The van der Waals surface area contributed by atoms with Crippen LogP contribution in [0.25, 0.3) is 0 Å². The SMILES string of the molecule is O=C(NCc1ccco1)[C@H](Br)[C@@H](Br)c1ccccc1. The second-order valence-electron chi connectivity index (χ2n) is 4.01. The Morgan fingerprint density at radius 2 is 1.89 bits per heavy atom. The van der Waals surface area contributed by atoms with E-state index in [0.29, 0.717) is 6.54 Å². The fraction of sp³-hybridized carbons (Fsp3) is 0.214. The maximum absolute atomic E-state index is 12.0. The third kappa shape index (κ3) is 3.94. The summed E-state index contributed by atoms with van der Waals surface area (Å²) in [5.74, 6) is 0.654. The van der Waals surface area contributed by atoms with Gasteiger partial charge in [0.05, 0.1) is 17.6 Å². The van der Waals surface area contributed by atoms with Crippen LogP contribution >= 0.6 is 31.9 Å². The van der Waals surface area contributed by atoms with Crippen molar-refractivity contribution in [2.75, 3.05) is 0 Å². The quantitative estimate of drug-likeness (QED) is 0.794. The number of hydrogen-bond donors (Lipinski definition) is 1. The molecule has 0 spiro atoms. The van der Waals surface area contributed by atoms with Crippen molar-refractivity contribution < 1.29 is 9.21 Å². The number of benzene rings is 1. The van der Waals surface area contributed by atoms with E-state index >= 15 is 0 Å². The van der Waals surface area contributed by atoms with Crippen LogP contribution in [0.3, 0.4) is 0 Å². The molecule has 2 aromatic rings. The monoisotopic (exact) mass is 385 g/mol. The zero-order valence-electron chi connectivity index (χ0n) is 10.1. The van der Waals surface area contributed by atoms with Gasteiger partial charge < -0.3 is 9.73 Å². The normalized spacial score (nSPS) is 13.8. The van der Waals surface area contributed by atoms with Crippen molar-refractivity contribution in [1.29, 1.82) is 0 Å². The number of furan rings is 1. The van der Waals surface area contributed by atoms with Crippen LogP contribution in [0.1, 0.15) is 16.2 Å². The Kier molecular flexibility index (Phi) is 5.22. The van der Waals surface area contributed by atoms with Gasteiger partial charge >= 0.3 is 0 Å². The average Bonchev–Trinajstić information content (AvgIpc) is 2.97. The molecule has 2 atom stereocenters. The van der Waals surface area contributed by atoms with Gasteiger partial charge in [0.2, 0.25) is 5.91 Å². The predicted octanol–water partition coefficient (Wildman–Crippen LogP) is 3.80. The molecule has 100 valence electrons. The molecule has 1 heterocycles. The minimum atomic E-state index is -0.343. The Hall–Kier alpha value is -1.07. The van der Waals surface area contributed by atoms with Crippen molar-refractivity contribution in [3.63, 3.8) is 0 Å². The zero-order valence-corrected chi connectivity index (χ0v) is 13.2. The highest BCUT2D eigenvalue weighted by atomic mass is 79.9. The van der Waals surface area contributed by atoms with Crippen molar-refractivity contribution in [3.05, 3.63) is 60.1 Å². The lowest BCUT2D eigenvalue weighted by atomic mass is 10.1. The van der Waals surface area contributed by atoms with Gasteiger partial charge in [-0.15, -0.1) is 0 Å². The summed E-state index contributed by atoms with van der Waals surface area (Å²) in [7, 11) is 0. The molecule has 1 aromatic carbocycles. The van der Waals surface area contributed by atoms with E-state index in [1.54, 1.807) is 12.3 Å². The topological polar surface area (TPSA) is 42.2 Å². The van der Waals surface area contributed by atoms with Crippen LogP contribution in [0.2, 0.25) is 0 Å². The molecule has 0 unspecified atom stereocenters. The van der Waals surface area contributed by atoms with Crippen molar-refractivity contribution in [3.8, 4) is 0 Å². The third-order valence-electron chi connectivity index (χ3n) is 2.64. The molecule has 2 rings (SSSR count). The lowest BCUT2D eigenvalue weighted by Gasteiger charge is -2.16. The van der Waals surface area contributed by atoms with Crippen molar-refractivity contribution in [2.24, 2.45) is 0 Å². The standard InChI is InChI=1S/C14H13Br2NO2/c15-12(10-5-2-1-3-6-10)13(16)14(18)17-9-11-7-4-8-19-11/h1-8,12-13H,9H2,(H,17,18)/t12-,13+/m0/s1.